The standard InChI is InChI=1S/C5H8N/c1-2-3-4-5-6/h1,4-6H2. The zero-order valence-corrected chi connectivity index (χ0v) is 3.70. The predicted octanol–water partition coefficient (Wildman–Crippen LogP) is 0.173. The Bertz CT molecular complexity index is 65.7. The van der Waals surface area contributed by atoms with Crippen molar-refractivity contribution in [3.63, 3.8) is 0 Å². The van der Waals surface area contributed by atoms with Crippen LogP contribution >= 0.6 is 0 Å². The van der Waals surface area contributed by atoms with Gasteiger partial charge in [-0.05, 0) is 0 Å². The van der Waals surface area contributed by atoms with E-state index >= 15 is 0 Å². The number of nitrogens with two attached hydrogens (primary N) is 1. The molecule has 0 aromatic carbocycles. The van der Waals surface area contributed by atoms with Gasteiger partial charge in [-0.25, -0.2) is 0 Å². The van der Waals surface area contributed by atoms with Gasteiger partial charge in [0.05, 0.1) is 0 Å². The normalized spacial score (nSPS) is 6.33. The quantitative estimate of drug-likeness (QED) is 0.448. The van der Waals surface area contributed by atoms with E-state index in [0.29, 0.717) is 6.54 Å². The first-order valence-electron chi connectivity index (χ1n) is 1.87. The van der Waals surface area contributed by atoms with Crippen LogP contribution in [0.1, 0.15) is 6.42 Å². The van der Waals surface area contributed by atoms with Crippen molar-refractivity contribution in [1.82, 2.24) is 0 Å². The van der Waals surface area contributed by atoms with Crippen molar-refractivity contribution in [2.45, 2.75) is 6.42 Å². The Hall–Kier alpha value is -0.480. The summed E-state index contributed by atoms with van der Waals surface area (Å²) in [5.74, 6) is 5.20. The van der Waals surface area contributed by atoms with Crippen LogP contribution < -0.4 is 5.73 Å². The third-order valence-corrected chi connectivity index (χ3v) is 0.394. The van der Waals surface area contributed by atoms with E-state index in [1.165, 1.54) is 0 Å². The zero-order chi connectivity index (χ0) is 4.83. The molecule has 0 aliphatic heterocycles. The zero-order valence-electron chi connectivity index (χ0n) is 3.70. The molecule has 0 saturated heterocycles. The van der Waals surface area contributed by atoms with Crippen molar-refractivity contribution in [2.24, 2.45) is 5.73 Å². The summed E-state index contributed by atoms with van der Waals surface area (Å²) >= 11 is 0. The Morgan fingerprint density at radius 1 is 1.67 bits per heavy atom. The van der Waals surface area contributed by atoms with Gasteiger partial charge in [-0.1, -0.05) is 0 Å². The summed E-state index contributed by atoms with van der Waals surface area (Å²) < 4.78 is 0. The second-order valence-corrected chi connectivity index (χ2v) is 0.892. The highest BCUT2D eigenvalue weighted by Crippen LogP contribution is 1.62. The van der Waals surface area contributed by atoms with E-state index in [4.69, 9.17) is 5.73 Å². The molecule has 1 radical (unpaired) electrons. The van der Waals surface area contributed by atoms with Crippen molar-refractivity contribution in [2.75, 3.05) is 6.54 Å². The van der Waals surface area contributed by atoms with Crippen LogP contribution in [-0.2, 0) is 0 Å². The third-order valence-electron chi connectivity index (χ3n) is 0.394. The van der Waals surface area contributed by atoms with Crippen molar-refractivity contribution in [3.8, 4) is 11.8 Å². The minimum absolute atomic E-state index is 0.641. The van der Waals surface area contributed by atoms with Gasteiger partial charge < -0.3 is 5.73 Å². The molecule has 0 amide bonds. The lowest BCUT2D eigenvalue weighted by atomic mass is 10.4. The van der Waals surface area contributed by atoms with Crippen LogP contribution in [0.25, 0.3) is 0 Å². The van der Waals surface area contributed by atoms with Crippen LogP contribution in [0.3, 0.4) is 0 Å². The Kier molecular flexibility index (Phi) is 4.16. The number of hydrogen-bond donors (Lipinski definition) is 1. The molecule has 0 aromatic heterocycles. The van der Waals surface area contributed by atoms with Gasteiger partial charge in [-0.3, -0.25) is 0 Å². The van der Waals surface area contributed by atoms with Crippen LogP contribution in [0.15, 0.2) is 0 Å². The van der Waals surface area contributed by atoms with E-state index in [2.05, 4.69) is 18.8 Å². The maximum absolute atomic E-state index is 5.08. The van der Waals surface area contributed by atoms with Gasteiger partial charge in [0, 0.05) is 19.9 Å². The highest BCUT2D eigenvalue weighted by atomic mass is 14.5. The SMILES string of the molecule is [CH2]C#CCCN. The molecule has 1 nitrogen and oxygen atoms in total. The smallest absolute Gasteiger partial charge is 0.0212 e. The van der Waals surface area contributed by atoms with Crippen LogP contribution in [0.2, 0.25) is 0 Å². The largest absolute Gasteiger partial charge is 0.330 e. The molecule has 0 spiro atoms. The van der Waals surface area contributed by atoms with E-state index in [0.717, 1.165) is 6.42 Å². The second-order valence-electron chi connectivity index (χ2n) is 0.892. The van der Waals surface area contributed by atoms with Crippen LogP contribution in [0, 0.1) is 18.8 Å². The average Bonchev–Trinajstić information content (AvgIpc) is 1.61. The Balaban J connectivity index is 2.79. The van der Waals surface area contributed by atoms with Crippen molar-refractivity contribution >= 4 is 0 Å². The average molecular weight is 82.1 g/mol. The third kappa shape index (κ3) is 3.52. The summed E-state index contributed by atoms with van der Waals surface area (Å²) in [7, 11) is 0. The molecule has 6 heavy (non-hydrogen) atoms. The topological polar surface area (TPSA) is 26.0 Å². The molecule has 2 N–H and O–H groups in total. The van der Waals surface area contributed by atoms with Gasteiger partial charge >= 0.3 is 0 Å². The molecule has 0 saturated carbocycles. The van der Waals surface area contributed by atoms with Gasteiger partial charge in [0.25, 0.3) is 0 Å². The molecule has 0 fully saturated rings. The fourth-order valence-electron chi connectivity index (χ4n) is 0.161. The number of rotatable bonds is 1. The van der Waals surface area contributed by atoms with Crippen LogP contribution in [-0.4, -0.2) is 6.54 Å². The molecule has 0 atom stereocenters. The molecule has 0 bridgehead atoms. The molecular weight excluding hydrogens is 74.1 g/mol. The van der Waals surface area contributed by atoms with E-state index < -0.39 is 0 Å². The highest BCUT2D eigenvalue weighted by Gasteiger charge is 1.63. The highest BCUT2D eigenvalue weighted by molar-refractivity contribution is 5.01. The van der Waals surface area contributed by atoms with Gasteiger partial charge in [0.1, 0.15) is 0 Å². The van der Waals surface area contributed by atoms with Gasteiger partial charge in [0.15, 0.2) is 0 Å². The molecule has 0 heterocycles. The summed E-state index contributed by atoms with van der Waals surface area (Å²) in [6.45, 7) is 3.95. The van der Waals surface area contributed by atoms with Crippen LogP contribution in [0.4, 0.5) is 0 Å². The lowest BCUT2D eigenvalue weighted by Gasteiger charge is -1.73. The van der Waals surface area contributed by atoms with Gasteiger partial charge in [-0.2, -0.15) is 0 Å². The predicted molar refractivity (Wildman–Crippen MR) is 26.8 cm³/mol. The lowest BCUT2D eigenvalue weighted by Crippen LogP contribution is -1.95. The second kappa shape index (κ2) is 4.52. The first-order valence-corrected chi connectivity index (χ1v) is 1.87. The molecule has 0 unspecified atom stereocenters. The maximum atomic E-state index is 5.08. The maximum Gasteiger partial charge on any atom is 0.0212 e. The number of hydrogen-bond acceptors (Lipinski definition) is 1. The molecule has 0 aromatic rings. The molecule has 0 rings (SSSR count). The molecule has 33 valence electrons. The first kappa shape index (κ1) is 5.52. The molecule has 0 aliphatic rings. The van der Waals surface area contributed by atoms with Crippen molar-refractivity contribution < 1.29 is 0 Å². The van der Waals surface area contributed by atoms with Crippen molar-refractivity contribution in [1.29, 1.82) is 0 Å². The first-order chi connectivity index (χ1) is 2.91. The summed E-state index contributed by atoms with van der Waals surface area (Å²) in [5.41, 5.74) is 5.08. The van der Waals surface area contributed by atoms with Gasteiger partial charge in [0.2, 0.25) is 0 Å². The fourth-order valence-corrected chi connectivity index (χ4v) is 0.161. The lowest BCUT2D eigenvalue weighted by molar-refractivity contribution is 1.03. The fraction of sp³-hybridized carbons (Fsp3) is 0.400. The molecule has 1 heteroatoms. The van der Waals surface area contributed by atoms with E-state index in [-0.39, 0.29) is 0 Å². The van der Waals surface area contributed by atoms with E-state index in [9.17, 15) is 0 Å². The Morgan fingerprint density at radius 2 is 2.33 bits per heavy atom. The Labute approximate surface area is 38.5 Å². The Morgan fingerprint density at radius 3 is 2.50 bits per heavy atom. The van der Waals surface area contributed by atoms with Crippen LogP contribution in [0.5, 0.6) is 0 Å². The summed E-state index contributed by atoms with van der Waals surface area (Å²) in [4.78, 5) is 0. The summed E-state index contributed by atoms with van der Waals surface area (Å²) in [5, 5.41) is 0. The minimum atomic E-state index is 0.641. The minimum Gasteiger partial charge on any atom is -0.330 e. The van der Waals surface area contributed by atoms with Crippen molar-refractivity contribution in [3.05, 3.63) is 6.92 Å². The summed E-state index contributed by atoms with van der Waals surface area (Å²) in [6.07, 6.45) is 0.767. The summed E-state index contributed by atoms with van der Waals surface area (Å²) in [6, 6.07) is 0. The van der Waals surface area contributed by atoms with E-state index in [1.54, 1.807) is 0 Å². The van der Waals surface area contributed by atoms with Gasteiger partial charge in [-0.15, -0.1) is 11.8 Å². The molecule has 0 aliphatic carbocycles. The molecular formula is C5H8N. The monoisotopic (exact) mass is 82.1 g/mol. The van der Waals surface area contributed by atoms with E-state index in [1.807, 2.05) is 0 Å².